The summed E-state index contributed by atoms with van der Waals surface area (Å²) in [6.07, 6.45) is 0.962. The molecule has 0 aliphatic heterocycles. The Labute approximate surface area is 196 Å². The van der Waals surface area contributed by atoms with Crippen molar-refractivity contribution in [3.63, 3.8) is 0 Å². The zero-order valence-electron chi connectivity index (χ0n) is 17.8. The topological polar surface area (TPSA) is 93.4 Å². The molecule has 1 N–H and O–H groups in total. The van der Waals surface area contributed by atoms with Crippen LogP contribution in [-0.2, 0) is 21.9 Å². The van der Waals surface area contributed by atoms with Gasteiger partial charge in [-0.3, -0.25) is 18.6 Å². The van der Waals surface area contributed by atoms with Crippen LogP contribution in [0.4, 0.5) is 11.4 Å². The zero-order chi connectivity index (χ0) is 23.8. The normalized spacial score (nSPS) is 12.4. The predicted molar refractivity (Wildman–Crippen MR) is 128 cm³/mol. The minimum atomic E-state index is -3.92. The van der Waals surface area contributed by atoms with Crippen molar-refractivity contribution in [3.05, 3.63) is 74.6 Å². The monoisotopic (exact) mass is 496 g/mol. The number of nitrogens with zero attached hydrogens (tertiary/aromatic N) is 3. The highest BCUT2D eigenvalue weighted by Gasteiger charge is 2.32. The highest BCUT2D eigenvalue weighted by molar-refractivity contribution is 7.92. The van der Waals surface area contributed by atoms with E-state index < -0.39 is 27.5 Å². The lowest BCUT2D eigenvalue weighted by Crippen LogP contribution is -2.46. The smallest absolute Gasteiger partial charge is 0.295 e. The summed E-state index contributed by atoms with van der Waals surface area (Å²) in [7, 11) is -2.23. The summed E-state index contributed by atoms with van der Waals surface area (Å²) >= 11 is 12.2. The molecule has 170 valence electrons. The molecular formula is C21H22Cl2N4O4S. The number of rotatable bonds is 6. The number of aromatic nitrogens is 2. The van der Waals surface area contributed by atoms with E-state index in [0.717, 1.165) is 10.6 Å². The van der Waals surface area contributed by atoms with Gasteiger partial charge in [-0.05, 0) is 44.2 Å². The molecule has 0 fully saturated rings. The van der Waals surface area contributed by atoms with Crippen LogP contribution in [-0.4, -0.2) is 36.0 Å². The molecule has 0 aliphatic rings. The Morgan fingerprint density at radius 1 is 1.12 bits per heavy atom. The maximum absolute atomic E-state index is 13.1. The number of halogens is 2. The Bertz CT molecular complexity index is 1330. The number of carbonyl (C=O) groups is 1. The van der Waals surface area contributed by atoms with Gasteiger partial charge in [-0.2, -0.15) is 0 Å². The van der Waals surface area contributed by atoms with Gasteiger partial charge in [-0.15, -0.1) is 0 Å². The van der Waals surface area contributed by atoms with Crippen LogP contribution in [0.2, 0.25) is 10.0 Å². The molecular weight excluding hydrogens is 475 g/mol. The Morgan fingerprint density at radius 2 is 1.75 bits per heavy atom. The van der Waals surface area contributed by atoms with Gasteiger partial charge >= 0.3 is 0 Å². The van der Waals surface area contributed by atoms with E-state index in [0.29, 0.717) is 11.4 Å². The highest BCUT2D eigenvalue weighted by atomic mass is 35.5. The maximum atomic E-state index is 13.1. The molecule has 1 unspecified atom stereocenters. The molecule has 1 amide bonds. The Hall–Kier alpha value is -2.75. The molecule has 0 radical (unpaired) electrons. The number of nitrogens with one attached hydrogen (secondary N) is 1. The fourth-order valence-corrected chi connectivity index (χ4v) is 4.98. The van der Waals surface area contributed by atoms with Gasteiger partial charge in [-0.1, -0.05) is 41.4 Å². The Balaban J connectivity index is 2.01. The van der Waals surface area contributed by atoms with E-state index in [1.807, 2.05) is 6.07 Å². The van der Waals surface area contributed by atoms with E-state index >= 15 is 0 Å². The van der Waals surface area contributed by atoms with Gasteiger partial charge in [0.2, 0.25) is 15.9 Å². The van der Waals surface area contributed by atoms with E-state index in [-0.39, 0.29) is 21.4 Å². The first-order chi connectivity index (χ1) is 14.9. The average Bonchev–Trinajstić information content (AvgIpc) is 2.93. The molecule has 0 spiro atoms. The van der Waals surface area contributed by atoms with Crippen LogP contribution in [0, 0.1) is 6.92 Å². The third-order valence-electron chi connectivity index (χ3n) is 5.04. The molecule has 32 heavy (non-hydrogen) atoms. The fourth-order valence-electron chi connectivity index (χ4n) is 3.38. The van der Waals surface area contributed by atoms with E-state index in [9.17, 15) is 18.0 Å². The summed E-state index contributed by atoms with van der Waals surface area (Å²) in [5, 5.41) is 2.96. The second-order valence-electron chi connectivity index (χ2n) is 7.26. The van der Waals surface area contributed by atoms with Crippen molar-refractivity contribution < 1.29 is 13.2 Å². The SMILES string of the molecule is Cc1c(NC(=O)C(C)N(c2cc(Cl)ccc2Cl)S(C)(=O)=O)c(=O)n(-c2ccccc2)n1C. The summed E-state index contributed by atoms with van der Waals surface area (Å²) in [5.74, 6) is -0.697. The fraction of sp³-hybridized carbons (Fsp3) is 0.238. The lowest BCUT2D eigenvalue weighted by molar-refractivity contribution is -0.116. The van der Waals surface area contributed by atoms with Crippen LogP contribution in [0.5, 0.6) is 0 Å². The number of sulfonamides is 1. The molecule has 8 nitrogen and oxygen atoms in total. The van der Waals surface area contributed by atoms with Crippen LogP contribution in [0.25, 0.3) is 5.69 Å². The molecule has 0 aliphatic carbocycles. The minimum Gasteiger partial charge on any atom is -0.318 e. The minimum absolute atomic E-state index is 0.0545. The molecule has 1 aromatic heterocycles. The number of carbonyl (C=O) groups excluding carboxylic acids is 1. The first-order valence-corrected chi connectivity index (χ1v) is 12.1. The van der Waals surface area contributed by atoms with Crippen molar-refractivity contribution in [1.82, 2.24) is 9.36 Å². The van der Waals surface area contributed by atoms with Crippen LogP contribution < -0.4 is 15.2 Å². The van der Waals surface area contributed by atoms with Crippen molar-refractivity contribution in [2.45, 2.75) is 19.9 Å². The van der Waals surface area contributed by atoms with Gasteiger partial charge in [0.1, 0.15) is 11.7 Å². The van der Waals surface area contributed by atoms with Crippen molar-refractivity contribution in [2.24, 2.45) is 7.05 Å². The lowest BCUT2D eigenvalue weighted by Gasteiger charge is -2.29. The van der Waals surface area contributed by atoms with Crippen LogP contribution in [0.1, 0.15) is 12.6 Å². The molecule has 2 aromatic carbocycles. The molecule has 0 saturated heterocycles. The Morgan fingerprint density at radius 3 is 2.34 bits per heavy atom. The molecule has 3 aromatic rings. The van der Waals surface area contributed by atoms with Crippen LogP contribution in [0.3, 0.4) is 0 Å². The van der Waals surface area contributed by atoms with Crippen molar-refractivity contribution in [3.8, 4) is 5.69 Å². The van der Waals surface area contributed by atoms with Crippen molar-refractivity contribution >= 4 is 50.5 Å². The third-order valence-corrected chi connectivity index (χ3v) is 6.82. The largest absolute Gasteiger partial charge is 0.318 e. The highest BCUT2D eigenvalue weighted by Crippen LogP contribution is 2.32. The first-order valence-electron chi connectivity index (χ1n) is 9.52. The van der Waals surface area contributed by atoms with Crippen molar-refractivity contribution in [1.29, 1.82) is 0 Å². The first kappa shape index (κ1) is 23.9. The average molecular weight is 497 g/mol. The van der Waals surface area contributed by atoms with Gasteiger partial charge < -0.3 is 5.32 Å². The Kier molecular flexibility index (Phi) is 6.73. The van der Waals surface area contributed by atoms with E-state index in [1.54, 1.807) is 42.9 Å². The second kappa shape index (κ2) is 9.01. The standard InChI is InChI=1S/C21H22Cl2N4O4S/c1-13-19(21(29)26(25(13)3)16-8-6-5-7-9-16)24-20(28)14(2)27(32(4,30)31)18-12-15(22)10-11-17(18)23/h5-12,14H,1-4H3,(H,24,28). The summed E-state index contributed by atoms with van der Waals surface area (Å²) in [5.41, 5.74) is 0.810. The number of anilines is 2. The number of hydrogen-bond donors (Lipinski definition) is 1. The molecule has 11 heteroatoms. The number of para-hydroxylation sites is 1. The van der Waals surface area contributed by atoms with Crippen LogP contribution in [0.15, 0.2) is 53.3 Å². The number of amides is 1. The van der Waals surface area contributed by atoms with Gasteiger partial charge in [0.15, 0.2) is 0 Å². The molecule has 3 rings (SSSR count). The molecule has 0 bridgehead atoms. The quantitative estimate of drug-likeness (QED) is 0.564. The molecule has 1 atom stereocenters. The van der Waals surface area contributed by atoms with Gasteiger partial charge in [0.25, 0.3) is 5.56 Å². The van der Waals surface area contributed by atoms with Gasteiger partial charge in [-0.25, -0.2) is 13.1 Å². The summed E-state index contributed by atoms with van der Waals surface area (Å²) in [6, 6.07) is 12.1. The van der Waals surface area contributed by atoms with E-state index in [2.05, 4.69) is 5.32 Å². The number of benzene rings is 2. The van der Waals surface area contributed by atoms with Crippen molar-refractivity contribution in [2.75, 3.05) is 15.9 Å². The second-order valence-corrected chi connectivity index (χ2v) is 9.96. The maximum Gasteiger partial charge on any atom is 0.295 e. The van der Waals surface area contributed by atoms with Crippen LogP contribution >= 0.6 is 23.2 Å². The lowest BCUT2D eigenvalue weighted by atomic mass is 10.2. The zero-order valence-corrected chi connectivity index (χ0v) is 20.2. The molecule has 0 saturated carbocycles. The molecule has 1 heterocycles. The van der Waals surface area contributed by atoms with Gasteiger partial charge in [0, 0.05) is 12.1 Å². The predicted octanol–water partition coefficient (Wildman–Crippen LogP) is 3.58. The summed E-state index contributed by atoms with van der Waals surface area (Å²) in [4.78, 5) is 26.1. The van der Waals surface area contributed by atoms with E-state index in [4.69, 9.17) is 23.2 Å². The number of hydrogen-bond acceptors (Lipinski definition) is 4. The summed E-state index contributed by atoms with van der Waals surface area (Å²) in [6.45, 7) is 3.09. The van der Waals surface area contributed by atoms with Gasteiger partial charge in [0.05, 0.1) is 28.3 Å². The summed E-state index contributed by atoms with van der Waals surface area (Å²) < 4.78 is 29.0. The third kappa shape index (κ3) is 4.55. The van der Waals surface area contributed by atoms with E-state index in [1.165, 1.54) is 29.8 Å².